The number of alkyl halides is 3. The second kappa shape index (κ2) is 7.91. The Morgan fingerprint density at radius 1 is 1.20 bits per heavy atom. The van der Waals surface area contributed by atoms with Gasteiger partial charge in [-0.2, -0.15) is 13.2 Å². The highest BCUT2D eigenvalue weighted by molar-refractivity contribution is 5.95. The highest BCUT2D eigenvalue weighted by atomic mass is 19.4. The lowest BCUT2D eigenvalue weighted by molar-refractivity contribution is -0.137. The molecule has 0 spiro atoms. The van der Waals surface area contributed by atoms with E-state index in [1.54, 1.807) is 35.2 Å². The summed E-state index contributed by atoms with van der Waals surface area (Å²) in [5.74, 6) is 0.348. The number of amides is 1. The molecule has 0 aliphatic carbocycles. The third kappa shape index (κ3) is 4.35. The summed E-state index contributed by atoms with van der Waals surface area (Å²) in [5.41, 5.74) is 0.153. The first kappa shape index (κ1) is 20.1. The molecule has 3 heterocycles. The lowest BCUT2D eigenvalue weighted by Crippen LogP contribution is -2.51. The number of rotatable bonds is 3. The van der Waals surface area contributed by atoms with Crippen LogP contribution in [0.5, 0.6) is 11.6 Å². The molecule has 6 nitrogen and oxygen atoms in total. The van der Waals surface area contributed by atoms with Gasteiger partial charge in [-0.05, 0) is 37.3 Å². The molecule has 30 heavy (non-hydrogen) atoms. The molecule has 9 heteroatoms. The highest BCUT2D eigenvalue weighted by Crippen LogP contribution is 2.30. The van der Waals surface area contributed by atoms with Gasteiger partial charge in [-0.25, -0.2) is 9.97 Å². The summed E-state index contributed by atoms with van der Waals surface area (Å²) >= 11 is 0. The summed E-state index contributed by atoms with van der Waals surface area (Å²) in [4.78, 5) is 22.7. The van der Waals surface area contributed by atoms with E-state index in [1.165, 1.54) is 6.07 Å². The molecule has 2 aromatic heterocycles. The van der Waals surface area contributed by atoms with Crippen LogP contribution in [0.25, 0.3) is 10.9 Å². The predicted octanol–water partition coefficient (Wildman–Crippen LogP) is 3.87. The molecule has 1 aliphatic heterocycles. The van der Waals surface area contributed by atoms with E-state index in [0.29, 0.717) is 30.0 Å². The van der Waals surface area contributed by atoms with Crippen molar-refractivity contribution in [2.24, 2.45) is 0 Å². The third-order valence-corrected chi connectivity index (χ3v) is 4.82. The molecule has 4 rings (SSSR count). The number of benzene rings is 1. The minimum atomic E-state index is -4.45. The van der Waals surface area contributed by atoms with E-state index in [1.807, 2.05) is 6.92 Å². The van der Waals surface area contributed by atoms with E-state index < -0.39 is 11.7 Å². The zero-order valence-electron chi connectivity index (χ0n) is 16.1. The average Bonchev–Trinajstić information content (AvgIpc) is 2.72. The van der Waals surface area contributed by atoms with E-state index in [-0.39, 0.29) is 17.8 Å². The lowest BCUT2D eigenvalue weighted by Gasteiger charge is -2.31. The molecule has 1 atom stereocenters. The van der Waals surface area contributed by atoms with Crippen LogP contribution in [0.15, 0.2) is 48.7 Å². The normalized spacial score (nSPS) is 17.2. The van der Waals surface area contributed by atoms with Crippen LogP contribution in [-0.4, -0.2) is 46.5 Å². The van der Waals surface area contributed by atoms with Crippen molar-refractivity contribution in [1.29, 1.82) is 0 Å². The Kier molecular flexibility index (Phi) is 5.29. The van der Waals surface area contributed by atoms with Crippen LogP contribution >= 0.6 is 0 Å². The summed E-state index contributed by atoms with van der Waals surface area (Å²) in [5, 5.41) is 4.04. The van der Waals surface area contributed by atoms with Crippen molar-refractivity contribution in [3.05, 3.63) is 59.9 Å². The number of fused-ring (bicyclic) bond motifs is 1. The Bertz CT molecular complexity index is 1070. The van der Waals surface area contributed by atoms with Crippen molar-refractivity contribution >= 4 is 16.8 Å². The van der Waals surface area contributed by atoms with Crippen molar-refractivity contribution in [2.45, 2.75) is 19.1 Å². The quantitative estimate of drug-likeness (QED) is 0.702. The monoisotopic (exact) mass is 416 g/mol. The number of hydrogen-bond acceptors (Lipinski definition) is 5. The van der Waals surface area contributed by atoms with Gasteiger partial charge in [0.25, 0.3) is 5.91 Å². The van der Waals surface area contributed by atoms with Crippen LogP contribution in [0.4, 0.5) is 13.2 Å². The molecule has 1 fully saturated rings. The number of nitrogens with zero attached hydrogens (tertiary/aromatic N) is 3. The fraction of sp³-hybridized carbons (Fsp3) is 0.286. The Balaban J connectivity index is 1.51. The number of nitrogens with one attached hydrogen (secondary N) is 1. The largest absolute Gasteiger partial charge is 0.439 e. The van der Waals surface area contributed by atoms with Gasteiger partial charge in [0.2, 0.25) is 5.88 Å². The average molecular weight is 416 g/mol. The first-order valence-electron chi connectivity index (χ1n) is 9.44. The van der Waals surface area contributed by atoms with Gasteiger partial charge in [-0.15, -0.1) is 0 Å². The van der Waals surface area contributed by atoms with Crippen molar-refractivity contribution in [1.82, 2.24) is 20.2 Å². The van der Waals surface area contributed by atoms with E-state index >= 15 is 0 Å². The molecule has 0 bridgehead atoms. The molecule has 0 radical (unpaired) electrons. The van der Waals surface area contributed by atoms with Gasteiger partial charge in [-0.3, -0.25) is 4.79 Å². The summed E-state index contributed by atoms with van der Waals surface area (Å²) < 4.78 is 43.4. The topological polar surface area (TPSA) is 67.4 Å². The zero-order chi connectivity index (χ0) is 21.3. The van der Waals surface area contributed by atoms with E-state index in [0.717, 1.165) is 24.2 Å². The highest BCUT2D eigenvalue weighted by Gasteiger charge is 2.30. The summed E-state index contributed by atoms with van der Waals surface area (Å²) in [6, 6.07) is 10.8. The van der Waals surface area contributed by atoms with Crippen molar-refractivity contribution < 1.29 is 22.7 Å². The molecule has 1 amide bonds. The number of carbonyl (C=O) groups excluding carboxylic acids is 1. The number of pyridine rings is 2. The smallest absolute Gasteiger partial charge is 0.417 e. The van der Waals surface area contributed by atoms with Gasteiger partial charge >= 0.3 is 6.18 Å². The minimum Gasteiger partial charge on any atom is -0.439 e. The fourth-order valence-corrected chi connectivity index (χ4v) is 3.29. The Morgan fingerprint density at radius 3 is 2.73 bits per heavy atom. The van der Waals surface area contributed by atoms with Gasteiger partial charge in [-0.1, -0.05) is 6.07 Å². The maximum Gasteiger partial charge on any atom is 0.417 e. The van der Waals surface area contributed by atoms with Gasteiger partial charge in [0.1, 0.15) is 11.4 Å². The molecular formula is C21H19F3N4O2. The standard InChI is InChI=1S/C21H19F3N4O2/c1-13-12-28(9-8-25-13)20(29)18-5-2-14-10-16(4-6-17(14)27-18)30-19-7-3-15(11-26-19)21(22,23)24/h2-7,10-11,13,25H,8-9,12H2,1H3/t13-/m1/s1. The van der Waals surface area contributed by atoms with Gasteiger partial charge in [0, 0.05) is 43.3 Å². The second-order valence-corrected chi connectivity index (χ2v) is 7.14. The number of aromatic nitrogens is 2. The van der Waals surface area contributed by atoms with Crippen molar-refractivity contribution in [3.8, 4) is 11.6 Å². The first-order chi connectivity index (χ1) is 14.3. The van der Waals surface area contributed by atoms with Gasteiger partial charge in [0.05, 0.1) is 11.1 Å². The molecule has 1 N–H and O–H groups in total. The van der Waals surface area contributed by atoms with Crippen molar-refractivity contribution in [2.75, 3.05) is 19.6 Å². The van der Waals surface area contributed by atoms with Crippen LogP contribution in [-0.2, 0) is 6.18 Å². The first-order valence-corrected chi connectivity index (χ1v) is 9.44. The second-order valence-electron chi connectivity index (χ2n) is 7.14. The third-order valence-electron chi connectivity index (χ3n) is 4.82. The Hall–Kier alpha value is -3.20. The molecule has 1 aliphatic rings. The SMILES string of the molecule is C[C@@H]1CN(C(=O)c2ccc3cc(Oc4ccc(C(F)(F)F)cn4)ccc3n2)CCN1. The number of ether oxygens (including phenoxy) is 1. The summed E-state index contributed by atoms with van der Waals surface area (Å²) in [6.07, 6.45) is -3.72. The van der Waals surface area contributed by atoms with E-state index in [2.05, 4.69) is 15.3 Å². The maximum absolute atomic E-state index is 12.7. The van der Waals surface area contributed by atoms with Crippen molar-refractivity contribution in [3.63, 3.8) is 0 Å². The lowest BCUT2D eigenvalue weighted by atomic mass is 10.1. The number of halogens is 3. The molecule has 1 aromatic carbocycles. The Labute approximate surface area is 170 Å². The van der Waals surface area contributed by atoms with Crippen LogP contribution in [0, 0.1) is 0 Å². The van der Waals surface area contributed by atoms with Crippen LogP contribution in [0.1, 0.15) is 23.0 Å². The van der Waals surface area contributed by atoms with Crippen LogP contribution in [0.3, 0.4) is 0 Å². The molecule has 0 unspecified atom stereocenters. The maximum atomic E-state index is 12.7. The number of piperazine rings is 1. The Morgan fingerprint density at radius 2 is 2.03 bits per heavy atom. The molecule has 1 saturated heterocycles. The van der Waals surface area contributed by atoms with Gasteiger partial charge < -0.3 is 15.0 Å². The van der Waals surface area contributed by atoms with E-state index in [9.17, 15) is 18.0 Å². The molecule has 3 aromatic rings. The van der Waals surface area contributed by atoms with Crippen LogP contribution < -0.4 is 10.1 Å². The van der Waals surface area contributed by atoms with Gasteiger partial charge in [0.15, 0.2) is 0 Å². The number of carbonyl (C=O) groups is 1. The minimum absolute atomic E-state index is 0.0509. The zero-order valence-corrected chi connectivity index (χ0v) is 16.1. The predicted molar refractivity (Wildman–Crippen MR) is 104 cm³/mol. The molecule has 156 valence electrons. The molecule has 0 saturated carbocycles. The summed E-state index contributed by atoms with van der Waals surface area (Å²) in [6.45, 7) is 4.04. The molecular weight excluding hydrogens is 397 g/mol. The fourth-order valence-electron chi connectivity index (χ4n) is 3.29. The van der Waals surface area contributed by atoms with Crippen LogP contribution in [0.2, 0.25) is 0 Å². The number of hydrogen-bond donors (Lipinski definition) is 1. The summed E-state index contributed by atoms with van der Waals surface area (Å²) in [7, 11) is 0. The van der Waals surface area contributed by atoms with E-state index in [4.69, 9.17) is 4.74 Å².